The Morgan fingerprint density at radius 1 is 0.939 bits per heavy atom. The number of aromatic amines is 1. The zero-order valence-corrected chi connectivity index (χ0v) is 18.2. The Morgan fingerprint density at radius 2 is 1.64 bits per heavy atom. The molecule has 2 aromatic carbocycles. The van der Waals surface area contributed by atoms with Gasteiger partial charge in [-0.1, -0.05) is 12.1 Å². The van der Waals surface area contributed by atoms with Gasteiger partial charge >= 0.3 is 11.9 Å². The molecule has 0 bridgehead atoms. The van der Waals surface area contributed by atoms with Crippen LogP contribution in [-0.4, -0.2) is 59.6 Å². The van der Waals surface area contributed by atoms with Gasteiger partial charge in [0.2, 0.25) is 0 Å². The first-order chi connectivity index (χ1) is 15.9. The number of hydrogen-bond donors (Lipinski definition) is 4. The summed E-state index contributed by atoms with van der Waals surface area (Å²) in [6.07, 6.45) is 2.70. The quantitative estimate of drug-likeness (QED) is 0.271. The SMILES string of the molecule is NC(Cc1c[nH]c2ccc(OCCOc3ccc(CCOCCC(=O)O)cc3)cc12)C(=O)O. The molecule has 0 spiro atoms. The summed E-state index contributed by atoms with van der Waals surface area (Å²) in [6, 6.07) is 12.3. The van der Waals surface area contributed by atoms with Crippen molar-refractivity contribution in [3.05, 3.63) is 59.8 Å². The number of carboxylic acids is 2. The van der Waals surface area contributed by atoms with Gasteiger partial charge in [0.1, 0.15) is 30.8 Å². The van der Waals surface area contributed by atoms with E-state index in [9.17, 15) is 9.59 Å². The van der Waals surface area contributed by atoms with Crippen molar-refractivity contribution in [1.29, 1.82) is 0 Å². The molecule has 176 valence electrons. The predicted octanol–water partition coefficient (Wildman–Crippen LogP) is 2.61. The van der Waals surface area contributed by atoms with Crippen LogP contribution in [0.3, 0.4) is 0 Å². The van der Waals surface area contributed by atoms with Crippen molar-refractivity contribution in [1.82, 2.24) is 4.98 Å². The number of H-pyrrole nitrogens is 1. The highest BCUT2D eigenvalue weighted by Gasteiger charge is 2.15. The fraction of sp³-hybridized carbons (Fsp3) is 0.333. The minimum absolute atomic E-state index is 0.00788. The van der Waals surface area contributed by atoms with Crippen LogP contribution in [0.5, 0.6) is 11.5 Å². The average Bonchev–Trinajstić information content (AvgIpc) is 3.19. The van der Waals surface area contributed by atoms with Gasteiger partial charge in [-0.05, 0) is 47.9 Å². The van der Waals surface area contributed by atoms with E-state index in [4.69, 9.17) is 30.2 Å². The summed E-state index contributed by atoms with van der Waals surface area (Å²) >= 11 is 0. The lowest BCUT2D eigenvalue weighted by Gasteiger charge is -2.10. The van der Waals surface area contributed by atoms with Gasteiger partial charge in [-0.3, -0.25) is 9.59 Å². The van der Waals surface area contributed by atoms with Gasteiger partial charge in [0, 0.05) is 23.5 Å². The van der Waals surface area contributed by atoms with Crippen LogP contribution in [0.2, 0.25) is 0 Å². The number of ether oxygens (including phenoxy) is 3. The third-order valence-electron chi connectivity index (χ3n) is 5.04. The van der Waals surface area contributed by atoms with Crippen LogP contribution in [0, 0.1) is 0 Å². The lowest BCUT2D eigenvalue weighted by atomic mass is 10.1. The van der Waals surface area contributed by atoms with Crippen molar-refractivity contribution < 1.29 is 34.0 Å². The fourth-order valence-corrected chi connectivity index (χ4v) is 3.26. The molecule has 33 heavy (non-hydrogen) atoms. The van der Waals surface area contributed by atoms with E-state index in [1.54, 1.807) is 6.20 Å². The number of hydrogen-bond acceptors (Lipinski definition) is 6. The van der Waals surface area contributed by atoms with Gasteiger partial charge in [-0.2, -0.15) is 0 Å². The summed E-state index contributed by atoms with van der Waals surface area (Å²) in [5, 5.41) is 18.5. The maximum atomic E-state index is 11.0. The van der Waals surface area contributed by atoms with Crippen LogP contribution < -0.4 is 15.2 Å². The molecule has 1 aromatic heterocycles. The lowest BCUT2D eigenvalue weighted by molar-refractivity contribution is -0.139. The normalized spacial score (nSPS) is 11.9. The van der Waals surface area contributed by atoms with Gasteiger partial charge in [0.25, 0.3) is 0 Å². The Hall–Kier alpha value is -3.56. The predicted molar refractivity (Wildman–Crippen MR) is 122 cm³/mol. The Labute approximate surface area is 191 Å². The number of nitrogens with one attached hydrogen (secondary N) is 1. The molecule has 1 atom stereocenters. The molecule has 9 heteroatoms. The van der Waals surface area contributed by atoms with Crippen LogP contribution in [0.25, 0.3) is 10.9 Å². The Bertz CT molecular complexity index is 1060. The van der Waals surface area contributed by atoms with Crippen molar-refractivity contribution >= 4 is 22.8 Å². The number of benzene rings is 2. The molecule has 3 aromatic rings. The number of fused-ring (bicyclic) bond motifs is 1. The highest BCUT2D eigenvalue weighted by Crippen LogP contribution is 2.24. The minimum atomic E-state index is -1.04. The fourth-order valence-electron chi connectivity index (χ4n) is 3.26. The third kappa shape index (κ3) is 7.51. The van der Waals surface area contributed by atoms with Crippen molar-refractivity contribution in [2.24, 2.45) is 5.73 Å². The first kappa shape index (κ1) is 24.1. The van der Waals surface area contributed by atoms with Gasteiger partial charge in [0.15, 0.2) is 0 Å². The molecule has 1 heterocycles. The largest absolute Gasteiger partial charge is 0.490 e. The van der Waals surface area contributed by atoms with E-state index in [1.807, 2.05) is 42.5 Å². The van der Waals surface area contributed by atoms with Crippen LogP contribution in [0.1, 0.15) is 17.5 Å². The molecule has 3 rings (SSSR count). The molecule has 5 N–H and O–H groups in total. The molecule has 0 aliphatic rings. The molecule has 0 saturated carbocycles. The number of rotatable bonds is 14. The molecular weight excluding hydrogens is 428 g/mol. The second kappa shape index (κ2) is 11.9. The Kier molecular flexibility index (Phi) is 8.68. The van der Waals surface area contributed by atoms with Crippen molar-refractivity contribution in [3.8, 4) is 11.5 Å². The van der Waals surface area contributed by atoms with E-state index in [2.05, 4.69) is 4.98 Å². The molecular formula is C24H28N2O7. The highest BCUT2D eigenvalue weighted by molar-refractivity contribution is 5.85. The summed E-state index contributed by atoms with van der Waals surface area (Å²) in [5.41, 5.74) is 8.45. The standard InChI is InChI=1S/C24H28N2O7/c25-21(24(29)30)13-17-15-26-22-6-5-19(14-20(17)22)33-12-11-32-18-3-1-16(2-4-18)7-9-31-10-8-23(27)28/h1-6,14-15,21,26H,7-13,25H2,(H,27,28)(H,29,30). The van der Waals surface area contributed by atoms with Crippen molar-refractivity contribution in [2.45, 2.75) is 25.3 Å². The van der Waals surface area contributed by atoms with Crippen LogP contribution >= 0.6 is 0 Å². The maximum absolute atomic E-state index is 11.0. The minimum Gasteiger partial charge on any atom is -0.490 e. The van der Waals surface area contributed by atoms with E-state index >= 15 is 0 Å². The van der Waals surface area contributed by atoms with Gasteiger partial charge in [-0.15, -0.1) is 0 Å². The Morgan fingerprint density at radius 3 is 2.33 bits per heavy atom. The molecule has 0 radical (unpaired) electrons. The summed E-state index contributed by atoms with van der Waals surface area (Å²) < 4.78 is 16.8. The maximum Gasteiger partial charge on any atom is 0.320 e. The third-order valence-corrected chi connectivity index (χ3v) is 5.04. The van der Waals surface area contributed by atoms with Crippen LogP contribution in [0.4, 0.5) is 0 Å². The number of carboxylic acid groups (broad SMARTS) is 2. The topological polar surface area (TPSA) is 144 Å². The van der Waals surface area contributed by atoms with E-state index in [0.29, 0.717) is 32.0 Å². The number of aliphatic carboxylic acids is 2. The first-order valence-electron chi connectivity index (χ1n) is 10.6. The van der Waals surface area contributed by atoms with Crippen LogP contribution in [0.15, 0.2) is 48.7 Å². The number of aromatic nitrogens is 1. The Balaban J connectivity index is 1.42. The zero-order chi connectivity index (χ0) is 23.6. The van der Waals surface area contributed by atoms with Gasteiger partial charge < -0.3 is 35.1 Å². The summed E-state index contributed by atoms with van der Waals surface area (Å²) in [6.45, 7) is 1.39. The van der Waals surface area contributed by atoms with Crippen molar-refractivity contribution in [3.63, 3.8) is 0 Å². The first-order valence-corrected chi connectivity index (χ1v) is 10.6. The second-order valence-electron chi connectivity index (χ2n) is 7.52. The van der Waals surface area contributed by atoms with E-state index in [-0.39, 0.29) is 19.4 Å². The van der Waals surface area contributed by atoms with Crippen LogP contribution in [-0.2, 0) is 27.2 Å². The molecule has 0 saturated heterocycles. The molecule has 0 fully saturated rings. The van der Waals surface area contributed by atoms with Crippen molar-refractivity contribution in [2.75, 3.05) is 26.4 Å². The van der Waals surface area contributed by atoms with E-state index < -0.39 is 18.0 Å². The molecule has 9 nitrogen and oxygen atoms in total. The monoisotopic (exact) mass is 456 g/mol. The zero-order valence-electron chi connectivity index (χ0n) is 18.2. The summed E-state index contributed by atoms with van der Waals surface area (Å²) in [7, 11) is 0. The molecule has 0 aliphatic heterocycles. The molecule has 0 amide bonds. The summed E-state index contributed by atoms with van der Waals surface area (Å²) in [5.74, 6) is -0.518. The highest BCUT2D eigenvalue weighted by atomic mass is 16.5. The second-order valence-corrected chi connectivity index (χ2v) is 7.52. The number of carbonyl (C=O) groups is 2. The van der Waals surface area contributed by atoms with E-state index in [0.717, 1.165) is 27.8 Å². The van der Waals surface area contributed by atoms with Gasteiger partial charge in [-0.25, -0.2) is 0 Å². The lowest BCUT2D eigenvalue weighted by Crippen LogP contribution is -2.32. The molecule has 1 unspecified atom stereocenters. The smallest absolute Gasteiger partial charge is 0.320 e. The average molecular weight is 456 g/mol. The van der Waals surface area contributed by atoms with Gasteiger partial charge in [0.05, 0.1) is 19.6 Å². The molecule has 0 aliphatic carbocycles. The van der Waals surface area contributed by atoms with E-state index in [1.165, 1.54) is 0 Å². The number of nitrogens with two attached hydrogens (primary N) is 1. The summed E-state index contributed by atoms with van der Waals surface area (Å²) in [4.78, 5) is 24.6.